The molecule has 0 saturated carbocycles. The summed E-state index contributed by atoms with van der Waals surface area (Å²) in [5.41, 5.74) is 4.38. The normalized spacial score (nSPS) is 22.4. The monoisotopic (exact) mass is 223 g/mol. The minimum Gasteiger partial charge on any atom is -0.316 e. The third kappa shape index (κ3) is 1.77. The molecule has 0 saturated heterocycles. The van der Waals surface area contributed by atoms with Gasteiger partial charge >= 0.3 is 0 Å². The first-order chi connectivity index (χ1) is 8.40. The second-order valence-corrected chi connectivity index (χ2v) is 4.69. The average Bonchev–Trinajstić information content (AvgIpc) is 2.78. The lowest BCUT2D eigenvalue weighted by atomic mass is 9.90. The van der Waals surface area contributed by atoms with Gasteiger partial charge in [0.2, 0.25) is 0 Å². The third-order valence-corrected chi connectivity index (χ3v) is 3.76. The van der Waals surface area contributed by atoms with Gasteiger partial charge in [0.05, 0.1) is 0 Å². The standard InChI is InChI=1S/C16H17N/c1-17-15-11-13-9-5-6-10-14(13)16(15)12-7-3-2-4-8-12/h2-10,15-17H,11H2,1H3. The second-order valence-electron chi connectivity index (χ2n) is 4.69. The molecule has 1 heteroatoms. The SMILES string of the molecule is CNC1Cc2ccccc2C1c1ccccc1. The van der Waals surface area contributed by atoms with Crippen LogP contribution < -0.4 is 5.32 Å². The van der Waals surface area contributed by atoms with E-state index in [2.05, 4.69) is 67.0 Å². The number of hydrogen-bond acceptors (Lipinski definition) is 1. The molecule has 2 aromatic carbocycles. The highest BCUT2D eigenvalue weighted by molar-refractivity contribution is 5.44. The van der Waals surface area contributed by atoms with Crippen LogP contribution >= 0.6 is 0 Å². The Morgan fingerprint density at radius 2 is 1.65 bits per heavy atom. The van der Waals surface area contributed by atoms with E-state index in [9.17, 15) is 0 Å². The molecule has 86 valence electrons. The first-order valence-electron chi connectivity index (χ1n) is 6.20. The lowest BCUT2D eigenvalue weighted by Gasteiger charge is -2.20. The molecule has 0 fully saturated rings. The quantitative estimate of drug-likeness (QED) is 0.825. The van der Waals surface area contributed by atoms with Gasteiger partial charge in [-0.05, 0) is 30.2 Å². The van der Waals surface area contributed by atoms with Crippen LogP contribution in [0.4, 0.5) is 0 Å². The molecular formula is C16H17N. The Bertz CT molecular complexity index is 504. The van der Waals surface area contributed by atoms with Crippen LogP contribution in [0.5, 0.6) is 0 Å². The van der Waals surface area contributed by atoms with Crippen molar-refractivity contribution in [3.63, 3.8) is 0 Å². The van der Waals surface area contributed by atoms with Crippen molar-refractivity contribution in [2.45, 2.75) is 18.4 Å². The Hall–Kier alpha value is -1.60. The Balaban J connectivity index is 2.08. The maximum absolute atomic E-state index is 3.46. The number of fused-ring (bicyclic) bond motifs is 1. The summed E-state index contributed by atoms with van der Waals surface area (Å²) in [6, 6.07) is 20.1. The van der Waals surface area contributed by atoms with E-state index in [0.29, 0.717) is 12.0 Å². The maximum Gasteiger partial charge on any atom is 0.0249 e. The lowest BCUT2D eigenvalue weighted by molar-refractivity contribution is 0.541. The lowest BCUT2D eigenvalue weighted by Crippen LogP contribution is -2.29. The Morgan fingerprint density at radius 3 is 2.41 bits per heavy atom. The van der Waals surface area contributed by atoms with Crippen molar-refractivity contribution in [3.8, 4) is 0 Å². The molecule has 3 rings (SSSR count). The first kappa shape index (κ1) is 10.5. The van der Waals surface area contributed by atoms with Gasteiger partial charge < -0.3 is 5.32 Å². The molecule has 17 heavy (non-hydrogen) atoms. The highest BCUT2D eigenvalue weighted by Crippen LogP contribution is 2.37. The van der Waals surface area contributed by atoms with Crippen LogP contribution in [-0.2, 0) is 6.42 Å². The predicted molar refractivity (Wildman–Crippen MR) is 71.3 cm³/mol. The minimum absolute atomic E-state index is 0.498. The fourth-order valence-electron chi connectivity index (χ4n) is 2.94. The zero-order valence-electron chi connectivity index (χ0n) is 10.1. The molecule has 1 aliphatic carbocycles. The zero-order chi connectivity index (χ0) is 11.7. The molecule has 2 atom stereocenters. The van der Waals surface area contributed by atoms with Crippen molar-refractivity contribution in [2.75, 3.05) is 7.05 Å². The van der Waals surface area contributed by atoms with Crippen molar-refractivity contribution >= 4 is 0 Å². The Labute approximate surface area is 102 Å². The fourth-order valence-corrected chi connectivity index (χ4v) is 2.94. The number of hydrogen-bond donors (Lipinski definition) is 1. The molecule has 0 spiro atoms. The van der Waals surface area contributed by atoms with Gasteiger partial charge in [-0.25, -0.2) is 0 Å². The summed E-state index contributed by atoms with van der Waals surface area (Å²) in [6.45, 7) is 0. The van der Waals surface area contributed by atoms with E-state index in [1.165, 1.54) is 16.7 Å². The van der Waals surface area contributed by atoms with Gasteiger partial charge in [-0.1, -0.05) is 54.6 Å². The summed E-state index contributed by atoms with van der Waals surface area (Å²) in [4.78, 5) is 0. The highest BCUT2D eigenvalue weighted by atomic mass is 14.9. The summed E-state index contributed by atoms with van der Waals surface area (Å²) in [6.07, 6.45) is 1.13. The molecule has 0 radical (unpaired) electrons. The van der Waals surface area contributed by atoms with Crippen molar-refractivity contribution < 1.29 is 0 Å². The number of benzene rings is 2. The predicted octanol–water partition coefficient (Wildman–Crippen LogP) is 2.96. The van der Waals surface area contributed by atoms with E-state index in [-0.39, 0.29) is 0 Å². The molecule has 2 aromatic rings. The largest absolute Gasteiger partial charge is 0.316 e. The molecule has 0 aromatic heterocycles. The van der Waals surface area contributed by atoms with E-state index in [4.69, 9.17) is 0 Å². The van der Waals surface area contributed by atoms with Gasteiger partial charge in [0.1, 0.15) is 0 Å². The number of nitrogens with one attached hydrogen (secondary N) is 1. The molecule has 0 aliphatic heterocycles. The topological polar surface area (TPSA) is 12.0 Å². The summed E-state index contributed by atoms with van der Waals surface area (Å²) in [7, 11) is 2.06. The van der Waals surface area contributed by atoms with Gasteiger partial charge in [-0.2, -0.15) is 0 Å². The van der Waals surface area contributed by atoms with Crippen LogP contribution in [-0.4, -0.2) is 13.1 Å². The second kappa shape index (κ2) is 4.34. The summed E-state index contributed by atoms with van der Waals surface area (Å²) < 4.78 is 0. The molecule has 0 amide bonds. The van der Waals surface area contributed by atoms with Crippen molar-refractivity contribution in [1.29, 1.82) is 0 Å². The van der Waals surface area contributed by atoms with Crippen molar-refractivity contribution in [3.05, 3.63) is 71.3 Å². The van der Waals surface area contributed by atoms with Crippen molar-refractivity contribution in [1.82, 2.24) is 5.32 Å². The highest BCUT2D eigenvalue weighted by Gasteiger charge is 2.31. The molecule has 1 nitrogen and oxygen atoms in total. The fraction of sp³-hybridized carbons (Fsp3) is 0.250. The molecule has 0 heterocycles. The maximum atomic E-state index is 3.46. The van der Waals surface area contributed by atoms with Crippen LogP contribution in [0.25, 0.3) is 0 Å². The average molecular weight is 223 g/mol. The van der Waals surface area contributed by atoms with Crippen LogP contribution in [0, 0.1) is 0 Å². The molecule has 1 N–H and O–H groups in total. The number of rotatable bonds is 2. The minimum atomic E-state index is 0.498. The molecule has 2 unspecified atom stereocenters. The molecule has 0 bridgehead atoms. The van der Waals surface area contributed by atoms with Gasteiger partial charge in [0.25, 0.3) is 0 Å². The van der Waals surface area contributed by atoms with E-state index in [1.807, 2.05) is 0 Å². The summed E-state index contributed by atoms with van der Waals surface area (Å²) in [5, 5.41) is 3.46. The van der Waals surface area contributed by atoms with Gasteiger partial charge in [-0.3, -0.25) is 0 Å². The Morgan fingerprint density at radius 1 is 0.941 bits per heavy atom. The number of likely N-dealkylation sites (N-methyl/N-ethyl adjacent to an activating group) is 1. The summed E-state index contributed by atoms with van der Waals surface area (Å²) >= 11 is 0. The smallest absolute Gasteiger partial charge is 0.0249 e. The third-order valence-electron chi connectivity index (χ3n) is 3.76. The van der Waals surface area contributed by atoms with E-state index < -0.39 is 0 Å². The van der Waals surface area contributed by atoms with E-state index in [0.717, 1.165) is 6.42 Å². The van der Waals surface area contributed by atoms with Crippen LogP contribution in [0.15, 0.2) is 54.6 Å². The van der Waals surface area contributed by atoms with Gasteiger partial charge in [-0.15, -0.1) is 0 Å². The van der Waals surface area contributed by atoms with Crippen LogP contribution in [0.3, 0.4) is 0 Å². The van der Waals surface area contributed by atoms with Crippen molar-refractivity contribution in [2.24, 2.45) is 0 Å². The zero-order valence-corrected chi connectivity index (χ0v) is 10.1. The van der Waals surface area contributed by atoms with Crippen LogP contribution in [0.1, 0.15) is 22.6 Å². The summed E-state index contributed by atoms with van der Waals surface area (Å²) in [5.74, 6) is 0.498. The molecule has 1 aliphatic rings. The molecular weight excluding hydrogens is 206 g/mol. The van der Waals surface area contributed by atoms with Crippen LogP contribution in [0.2, 0.25) is 0 Å². The van der Waals surface area contributed by atoms with E-state index in [1.54, 1.807) is 0 Å². The van der Waals surface area contributed by atoms with E-state index >= 15 is 0 Å². The first-order valence-corrected chi connectivity index (χ1v) is 6.20. The van der Waals surface area contributed by atoms with Gasteiger partial charge in [0.15, 0.2) is 0 Å². The Kier molecular flexibility index (Phi) is 2.69. The van der Waals surface area contributed by atoms with Gasteiger partial charge in [0, 0.05) is 12.0 Å².